The van der Waals surface area contributed by atoms with Gasteiger partial charge in [0.15, 0.2) is 11.5 Å². The van der Waals surface area contributed by atoms with Crippen LogP contribution in [0.25, 0.3) is 0 Å². The number of benzene rings is 1. The molecule has 6 nitrogen and oxygen atoms in total. The number of ether oxygens (including phenoxy) is 3. The van der Waals surface area contributed by atoms with E-state index in [1.165, 1.54) is 7.11 Å². The van der Waals surface area contributed by atoms with Crippen molar-refractivity contribution >= 4 is 11.9 Å². The zero-order chi connectivity index (χ0) is 17.7. The van der Waals surface area contributed by atoms with Crippen LogP contribution in [0.5, 0.6) is 11.5 Å². The molecule has 24 heavy (non-hydrogen) atoms. The average molecular weight is 335 g/mol. The van der Waals surface area contributed by atoms with Crippen LogP contribution in [0.4, 0.5) is 0 Å². The van der Waals surface area contributed by atoms with Crippen molar-refractivity contribution in [2.24, 2.45) is 0 Å². The zero-order valence-corrected chi connectivity index (χ0v) is 14.8. The predicted octanol–water partition coefficient (Wildman–Crippen LogP) is 2.33. The molecule has 0 radical (unpaired) electrons. The minimum absolute atomic E-state index is 0.105. The van der Waals surface area contributed by atoms with E-state index in [0.29, 0.717) is 24.5 Å². The molecule has 1 heterocycles. The van der Waals surface area contributed by atoms with Gasteiger partial charge in [-0.1, -0.05) is 6.07 Å². The molecule has 0 N–H and O–H groups in total. The van der Waals surface area contributed by atoms with Crippen LogP contribution in [0.15, 0.2) is 18.2 Å². The summed E-state index contributed by atoms with van der Waals surface area (Å²) in [5.41, 5.74) is 0.203. The molecule has 1 aliphatic heterocycles. The van der Waals surface area contributed by atoms with Crippen LogP contribution in [-0.2, 0) is 14.3 Å². The van der Waals surface area contributed by atoms with Gasteiger partial charge in [-0.3, -0.25) is 4.79 Å². The number of nitrogens with zero attached hydrogens (tertiary/aromatic N) is 1. The Morgan fingerprint density at radius 3 is 2.67 bits per heavy atom. The van der Waals surface area contributed by atoms with E-state index in [1.54, 1.807) is 18.9 Å². The lowest BCUT2D eigenvalue weighted by atomic mass is 9.99. The molecule has 1 aromatic rings. The van der Waals surface area contributed by atoms with E-state index in [9.17, 15) is 9.59 Å². The Morgan fingerprint density at radius 1 is 1.25 bits per heavy atom. The van der Waals surface area contributed by atoms with Crippen molar-refractivity contribution in [1.29, 1.82) is 0 Å². The average Bonchev–Trinajstić information content (AvgIpc) is 2.98. The summed E-state index contributed by atoms with van der Waals surface area (Å²) in [5.74, 6) is 0.775. The normalized spacial score (nSPS) is 19.9. The predicted molar refractivity (Wildman–Crippen MR) is 89.2 cm³/mol. The third-order valence-corrected chi connectivity index (χ3v) is 4.46. The van der Waals surface area contributed by atoms with Crippen LogP contribution < -0.4 is 9.47 Å². The topological polar surface area (TPSA) is 65.1 Å². The first-order chi connectivity index (χ1) is 11.4. The molecule has 6 heteroatoms. The van der Waals surface area contributed by atoms with Crippen LogP contribution in [0.1, 0.15) is 31.7 Å². The molecule has 0 bridgehead atoms. The van der Waals surface area contributed by atoms with Gasteiger partial charge in [-0.2, -0.15) is 0 Å². The number of likely N-dealkylation sites (tertiary alicyclic amines) is 1. The highest BCUT2D eigenvalue weighted by Crippen LogP contribution is 2.31. The van der Waals surface area contributed by atoms with Gasteiger partial charge < -0.3 is 19.1 Å². The highest BCUT2D eigenvalue weighted by molar-refractivity contribution is 5.88. The number of carbonyl (C=O) groups excluding carboxylic acids is 2. The molecular weight excluding hydrogens is 310 g/mol. The number of methoxy groups -OCH3 is 2. The van der Waals surface area contributed by atoms with Crippen molar-refractivity contribution in [2.45, 2.75) is 38.6 Å². The van der Waals surface area contributed by atoms with Crippen LogP contribution in [0.3, 0.4) is 0 Å². The fourth-order valence-corrected chi connectivity index (χ4v) is 3.07. The van der Waals surface area contributed by atoms with E-state index in [1.807, 2.05) is 25.1 Å². The number of rotatable bonds is 6. The van der Waals surface area contributed by atoms with E-state index in [2.05, 4.69) is 0 Å². The molecule has 1 atom stereocenters. The van der Waals surface area contributed by atoms with Gasteiger partial charge in [0.1, 0.15) is 5.54 Å². The standard InChI is InChI=1S/C18H25NO5/c1-13-6-7-14(15(12-13)22-3)24-11-8-16(20)19-10-5-9-18(19,2)17(21)23-4/h6-7,12H,5,8-11H2,1-4H3/t18-/m0/s1. The summed E-state index contributed by atoms with van der Waals surface area (Å²) < 4.78 is 15.8. The van der Waals surface area contributed by atoms with Gasteiger partial charge in [-0.25, -0.2) is 4.79 Å². The Hall–Kier alpha value is -2.24. The van der Waals surface area contributed by atoms with E-state index in [4.69, 9.17) is 14.2 Å². The highest BCUT2D eigenvalue weighted by atomic mass is 16.5. The molecule has 2 rings (SSSR count). The second-order valence-corrected chi connectivity index (χ2v) is 6.17. The molecule has 1 fully saturated rings. The van der Waals surface area contributed by atoms with Gasteiger partial charge in [0.05, 0.1) is 27.2 Å². The molecule has 1 saturated heterocycles. The maximum atomic E-state index is 12.5. The summed E-state index contributed by atoms with van der Waals surface area (Å²) in [5, 5.41) is 0. The molecule has 1 aromatic carbocycles. The summed E-state index contributed by atoms with van der Waals surface area (Å²) in [6.07, 6.45) is 1.62. The molecule has 0 saturated carbocycles. The van der Waals surface area contributed by atoms with E-state index < -0.39 is 5.54 Å². The zero-order valence-electron chi connectivity index (χ0n) is 14.8. The third kappa shape index (κ3) is 3.63. The lowest BCUT2D eigenvalue weighted by Gasteiger charge is -2.32. The summed E-state index contributed by atoms with van der Waals surface area (Å²) >= 11 is 0. The van der Waals surface area contributed by atoms with E-state index >= 15 is 0 Å². The number of aryl methyl sites for hydroxylation is 1. The maximum absolute atomic E-state index is 12.5. The Labute approximate surface area is 142 Å². The lowest BCUT2D eigenvalue weighted by Crippen LogP contribution is -2.51. The first-order valence-electron chi connectivity index (χ1n) is 8.08. The fraction of sp³-hybridized carbons (Fsp3) is 0.556. The molecule has 132 valence electrons. The number of carbonyl (C=O) groups is 2. The quantitative estimate of drug-likeness (QED) is 0.747. The molecule has 0 aliphatic carbocycles. The van der Waals surface area contributed by atoms with Crippen LogP contribution in [0.2, 0.25) is 0 Å². The number of amides is 1. The van der Waals surface area contributed by atoms with Crippen molar-refractivity contribution in [2.75, 3.05) is 27.4 Å². The van der Waals surface area contributed by atoms with Crippen LogP contribution in [0, 0.1) is 6.92 Å². The van der Waals surface area contributed by atoms with E-state index in [0.717, 1.165) is 12.0 Å². The first kappa shape index (κ1) is 18.1. The van der Waals surface area contributed by atoms with Crippen LogP contribution >= 0.6 is 0 Å². The summed E-state index contributed by atoms with van der Waals surface area (Å²) in [7, 11) is 2.93. The lowest BCUT2D eigenvalue weighted by molar-refractivity contribution is -0.158. The second-order valence-electron chi connectivity index (χ2n) is 6.17. The van der Waals surface area contributed by atoms with Crippen molar-refractivity contribution in [1.82, 2.24) is 4.90 Å². The second kappa shape index (κ2) is 7.55. The smallest absolute Gasteiger partial charge is 0.331 e. The van der Waals surface area contributed by atoms with Gasteiger partial charge in [0.2, 0.25) is 5.91 Å². The Bertz CT molecular complexity index is 615. The van der Waals surface area contributed by atoms with Crippen molar-refractivity contribution in [3.8, 4) is 11.5 Å². The van der Waals surface area contributed by atoms with E-state index in [-0.39, 0.29) is 24.9 Å². The molecule has 0 spiro atoms. The Kier molecular flexibility index (Phi) is 5.70. The fourth-order valence-electron chi connectivity index (χ4n) is 3.07. The first-order valence-corrected chi connectivity index (χ1v) is 8.08. The minimum atomic E-state index is -0.868. The summed E-state index contributed by atoms with van der Waals surface area (Å²) in [6.45, 7) is 4.52. The van der Waals surface area contributed by atoms with Gasteiger partial charge in [0.25, 0.3) is 0 Å². The molecule has 0 unspecified atom stereocenters. The third-order valence-electron chi connectivity index (χ3n) is 4.46. The maximum Gasteiger partial charge on any atom is 0.331 e. The van der Waals surface area contributed by atoms with Gasteiger partial charge in [-0.05, 0) is 44.4 Å². The largest absolute Gasteiger partial charge is 0.493 e. The molecular formula is C18H25NO5. The highest BCUT2D eigenvalue weighted by Gasteiger charge is 2.46. The monoisotopic (exact) mass is 335 g/mol. The molecule has 0 aromatic heterocycles. The van der Waals surface area contributed by atoms with Gasteiger partial charge in [-0.15, -0.1) is 0 Å². The van der Waals surface area contributed by atoms with Gasteiger partial charge >= 0.3 is 5.97 Å². The molecule has 1 amide bonds. The Morgan fingerprint density at radius 2 is 2.00 bits per heavy atom. The molecule has 1 aliphatic rings. The number of hydrogen-bond acceptors (Lipinski definition) is 5. The number of hydrogen-bond donors (Lipinski definition) is 0. The SMILES string of the molecule is COC(=O)[C@]1(C)CCCN1C(=O)CCOc1ccc(C)cc1OC. The van der Waals surface area contributed by atoms with Crippen molar-refractivity contribution in [3.63, 3.8) is 0 Å². The van der Waals surface area contributed by atoms with Crippen molar-refractivity contribution in [3.05, 3.63) is 23.8 Å². The van der Waals surface area contributed by atoms with Gasteiger partial charge in [0, 0.05) is 6.54 Å². The summed E-state index contributed by atoms with van der Waals surface area (Å²) in [4.78, 5) is 26.1. The minimum Gasteiger partial charge on any atom is -0.493 e. The summed E-state index contributed by atoms with van der Waals surface area (Å²) in [6, 6.07) is 5.63. The van der Waals surface area contributed by atoms with Crippen molar-refractivity contribution < 1.29 is 23.8 Å². The number of esters is 1. The Balaban J connectivity index is 1.95. The van der Waals surface area contributed by atoms with Crippen LogP contribution in [-0.4, -0.2) is 49.7 Å².